The molecule has 4 rings (SSSR count). The van der Waals surface area contributed by atoms with Crippen molar-refractivity contribution in [2.75, 3.05) is 0 Å². The molecule has 1 aliphatic carbocycles. The predicted molar refractivity (Wildman–Crippen MR) is 115 cm³/mol. The first kappa shape index (κ1) is 17.6. The third-order valence-electron chi connectivity index (χ3n) is 6.29. The zero-order valence-electron chi connectivity index (χ0n) is 16.7. The molecular formula is C26H26O. The highest BCUT2D eigenvalue weighted by Crippen LogP contribution is 2.47. The minimum atomic E-state index is 0.284. The molecule has 0 unspecified atom stereocenters. The molecule has 1 nitrogen and oxygen atoms in total. The summed E-state index contributed by atoms with van der Waals surface area (Å²) in [5.41, 5.74) is 10.1. The summed E-state index contributed by atoms with van der Waals surface area (Å²) in [4.78, 5) is 0. The Morgan fingerprint density at radius 3 is 1.89 bits per heavy atom. The van der Waals surface area contributed by atoms with E-state index in [1.165, 1.54) is 33.4 Å². The van der Waals surface area contributed by atoms with E-state index in [2.05, 4.69) is 65.0 Å². The minimum absolute atomic E-state index is 0.284. The summed E-state index contributed by atoms with van der Waals surface area (Å²) in [6.07, 6.45) is 0. The van der Waals surface area contributed by atoms with Gasteiger partial charge >= 0.3 is 0 Å². The molecule has 0 atom stereocenters. The summed E-state index contributed by atoms with van der Waals surface area (Å²) >= 11 is 0. The van der Waals surface area contributed by atoms with Crippen molar-refractivity contribution in [3.8, 4) is 16.9 Å². The van der Waals surface area contributed by atoms with Gasteiger partial charge in [0.25, 0.3) is 0 Å². The molecule has 0 spiro atoms. The van der Waals surface area contributed by atoms with Crippen molar-refractivity contribution in [2.45, 2.75) is 40.5 Å². The lowest BCUT2D eigenvalue weighted by molar-refractivity contribution is 0.478. The van der Waals surface area contributed by atoms with Crippen LogP contribution in [-0.4, -0.2) is 5.11 Å². The van der Waals surface area contributed by atoms with Crippen molar-refractivity contribution in [1.82, 2.24) is 0 Å². The molecule has 1 heteroatoms. The van der Waals surface area contributed by atoms with Gasteiger partial charge in [-0.1, -0.05) is 59.2 Å². The van der Waals surface area contributed by atoms with Crippen molar-refractivity contribution in [3.05, 3.63) is 88.0 Å². The number of hydrogen-bond donors (Lipinski definition) is 1. The maximum absolute atomic E-state index is 10.8. The summed E-state index contributed by atoms with van der Waals surface area (Å²) in [5.74, 6) is 0.627. The molecule has 1 N–H and O–H groups in total. The molecule has 0 amide bonds. The zero-order chi connectivity index (χ0) is 19.3. The van der Waals surface area contributed by atoms with Crippen molar-refractivity contribution in [3.63, 3.8) is 0 Å². The van der Waals surface area contributed by atoms with Crippen LogP contribution in [0.5, 0.6) is 5.75 Å². The molecule has 0 heterocycles. The first-order chi connectivity index (χ1) is 12.9. The molecule has 27 heavy (non-hydrogen) atoms. The SMILES string of the molecule is CC1=C(C)C(c2ccc(C)cc2-c2cc3ccccc3cc2O)C(C)=C1C. The number of phenols is 1. The Morgan fingerprint density at radius 1 is 0.667 bits per heavy atom. The second kappa shape index (κ2) is 6.42. The van der Waals surface area contributed by atoms with Crippen LogP contribution in [0.3, 0.4) is 0 Å². The first-order valence-corrected chi connectivity index (χ1v) is 9.56. The van der Waals surface area contributed by atoms with Gasteiger partial charge in [-0.2, -0.15) is 0 Å². The Labute approximate surface area is 161 Å². The monoisotopic (exact) mass is 354 g/mol. The van der Waals surface area contributed by atoms with E-state index in [4.69, 9.17) is 0 Å². The number of fused-ring (bicyclic) bond motifs is 1. The molecule has 0 saturated heterocycles. The molecule has 0 fully saturated rings. The quantitative estimate of drug-likeness (QED) is 0.512. The van der Waals surface area contributed by atoms with Crippen LogP contribution in [0.25, 0.3) is 21.9 Å². The average molecular weight is 354 g/mol. The van der Waals surface area contributed by atoms with Gasteiger partial charge in [-0.25, -0.2) is 0 Å². The first-order valence-electron chi connectivity index (χ1n) is 9.56. The number of hydrogen-bond acceptors (Lipinski definition) is 1. The number of allylic oxidation sites excluding steroid dienone is 4. The van der Waals surface area contributed by atoms with E-state index in [9.17, 15) is 5.11 Å². The Bertz CT molecular complexity index is 1100. The lowest BCUT2D eigenvalue weighted by atomic mass is 9.83. The van der Waals surface area contributed by atoms with Gasteiger partial charge in [-0.05, 0) is 79.8 Å². The molecule has 3 aromatic carbocycles. The highest BCUT2D eigenvalue weighted by molar-refractivity contribution is 5.91. The topological polar surface area (TPSA) is 20.2 Å². The number of phenolic OH excluding ortho intramolecular Hbond substituents is 1. The largest absolute Gasteiger partial charge is 0.507 e. The molecular weight excluding hydrogens is 328 g/mol. The second-order valence-electron chi connectivity index (χ2n) is 7.86. The second-order valence-corrected chi connectivity index (χ2v) is 7.86. The standard InChI is InChI=1S/C26H26O/c1-15-10-11-22(26-18(4)16(2)17(3)19(26)5)23(12-15)24-13-20-8-6-7-9-21(20)14-25(24)27/h6-14,26-27H,1-5H3. The fraction of sp³-hybridized carbons (Fsp3) is 0.231. The number of rotatable bonds is 2. The van der Waals surface area contributed by atoms with Crippen molar-refractivity contribution in [1.29, 1.82) is 0 Å². The summed E-state index contributed by atoms with van der Waals surface area (Å²) in [6.45, 7) is 11.0. The van der Waals surface area contributed by atoms with Gasteiger partial charge in [0.15, 0.2) is 0 Å². The fourth-order valence-electron chi connectivity index (χ4n) is 4.41. The van der Waals surface area contributed by atoms with Crippen LogP contribution in [0.2, 0.25) is 0 Å². The Hall–Kier alpha value is -2.80. The number of aryl methyl sites for hydroxylation is 1. The maximum atomic E-state index is 10.8. The molecule has 0 aromatic heterocycles. The van der Waals surface area contributed by atoms with Crippen LogP contribution in [0.15, 0.2) is 76.9 Å². The smallest absolute Gasteiger partial charge is 0.124 e. The van der Waals surface area contributed by atoms with Gasteiger partial charge in [-0.15, -0.1) is 0 Å². The van der Waals surface area contributed by atoms with E-state index in [0.29, 0.717) is 5.75 Å². The van der Waals surface area contributed by atoms with E-state index in [1.54, 1.807) is 0 Å². The van der Waals surface area contributed by atoms with Crippen LogP contribution >= 0.6 is 0 Å². The highest BCUT2D eigenvalue weighted by atomic mass is 16.3. The third kappa shape index (κ3) is 2.78. The Kier molecular flexibility index (Phi) is 4.19. The van der Waals surface area contributed by atoms with Crippen LogP contribution in [-0.2, 0) is 0 Å². The molecule has 136 valence electrons. The van der Waals surface area contributed by atoms with E-state index < -0.39 is 0 Å². The van der Waals surface area contributed by atoms with Crippen LogP contribution < -0.4 is 0 Å². The molecule has 0 radical (unpaired) electrons. The highest BCUT2D eigenvalue weighted by Gasteiger charge is 2.28. The number of benzene rings is 3. The van der Waals surface area contributed by atoms with Gasteiger partial charge in [-0.3, -0.25) is 0 Å². The van der Waals surface area contributed by atoms with Gasteiger partial charge in [0, 0.05) is 11.5 Å². The Morgan fingerprint density at radius 2 is 1.26 bits per heavy atom. The summed E-state index contributed by atoms with van der Waals surface area (Å²) < 4.78 is 0. The normalized spacial score (nSPS) is 15.3. The van der Waals surface area contributed by atoms with Gasteiger partial charge in [0.05, 0.1) is 0 Å². The lowest BCUT2D eigenvalue weighted by Crippen LogP contribution is -2.02. The molecule has 3 aromatic rings. The van der Waals surface area contributed by atoms with Crippen LogP contribution in [0.1, 0.15) is 44.7 Å². The average Bonchev–Trinajstić information content (AvgIpc) is 2.84. The van der Waals surface area contributed by atoms with Gasteiger partial charge < -0.3 is 5.11 Å². The lowest BCUT2D eigenvalue weighted by Gasteiger charge is -2.21. The van der Waals surface area contributed by atoms with E-state index in [-0.39, 0.29) is 5.92 Å². The van der Waals surface area contributed by atoms with Crippen molar-refractivity contribution >= 4 is 10.8 Å². The maximum Gasteiger partial charge on any atom is 0.124 e. The van der Waals surface area contributed by atoms with E-state index in [0.717, 1.165) is 21.9 Å². The zero-order valence-corrected chi connectivity index (χ0v) is 16.7. The van der Waals surface area contributed by atoms with E-state index >= 15 is 0 Å². The molecule has 1 aliphatic rings. The molecule has 0 aliphatic heterocycles. The fourth-order valence-corrected chi connectivity index (χ4v) is 4.41. The predicted octanol–water partition coefficient (Wildman–Crippen LogP) is 7.29. The molecule has 0 saturated carbocycles. The summed E-state index contributed by atoms with van der Waals surface area (Å²) in [6, 6.07) is 18.8. The summed E-state index contributed by atoms with van der Waals surface area (Å²) in [7, 11) is 0. The summed E-state index contributed by atoms with van der Waals surface area (Å²) in [5, 5.41) is 13.0. The number of aromatic hydroxyl groups is 1. The van der Waals surface area contributed by atoms with Gasteiger partial charge in [0.1, 0.15) is 5.75 Å². The third-order valence-corrected chi connectivity index (χ3v) is 6.29. The van der Waals surface area contributed by atoms with E-state index in [1.807, 2.05) is 24.3 Å². The van der Waals surface area contributed by atoms with Crippen LogP contribution in [0.4, 0.5) is 0 Å². The minimum Gasteiger partial charge on any atom is -0.507 e. The Balaban J connectivity index is 1.98. The van der Waals surface area contributed by atoms with Crippen molar-refractivity contribution < 1.29 is 5.11 Å². The van der Waals surface area contributed by atoms with Crippen LogP contribution in [0, 0.1) is 6.92 Å². The molecule has 0 bridgehead atoms. The van der Waals surface area contributed by atoms with Gasteiger partial charge in [0.2, 0.25) is 0 Å². The van der Waals surface area contributed by atoms with Crippen molar-refractivity contribution in [2.24, 2.45) is 0 Å².